The average Bonchev–Trinajstić information content (AvgIpc) is 2.45. The van der Waals surface area contributed by atoms with E-state index in [0.717, 1.165) is 12.5 Å². The Morgan fingerprint density at radius 3 is 2.45 bits per heavy atom. The molecule has 0 radical (unpaired) electrons. The Labute approximate surface area is 123 Å². The molecule has 2 heteroatoms. The van der Waals surface area contributed by atoms with E-state index in [1.165, 1.54) is 24.8 Å². The maximum Gasteiger partial charge on any atom is 0.0735 e. The van der Waals surface area contributed by atoms with E-state index >= 15 is 0 Å². The first kappa shape index (κ1) is 15.5. The van der Waals surface area contributed by atoms with Crippen molar-refractivity contribution < 1.29 is 4.74 Å². The zero-order chi connectivity index (χ0) is 14.6. The topological polar surface area (TPSA) is 21.3 Å². The van der Waals surface area contributed by atoms with Crippen LogP contribution in [0.15, 0.2) is 30.3 Å². The molecule has 0 aromatic heterocycles. The molecule has 0 spiro atoms. The second kappa shape index (κ2) is 6.73. The van der Waals surface area contributed by atoms with E-state index < -0.39 is 0 Å². The number of likely N-dealkylation sites (N-methyl/N-ethyl adjacent to an activating group) is 1. The predicted molar refractivity (Wildman–Crippen MR) is 84.7 cm³/mol. The third-order valence-corrected chi connectivity index (χ3v) is 4.69. The summed E-state index contributed by atoms with van der Waals surface area (Å²) < 4.78 is 6.24. The van der Waals surface area contributed by atoms with Crippen LogP contribution in [0.2, 0.25) is 0 Å². The Morgan fingerprint density at radius 1 is 1.15 bits per heavy atom. The van der Waals surface area contributed by atoms with Crippen molar-refractivity contribution in [1.29, 1.82) is 0 Å². The van der Waals surface area contributed by atoms with Crippen LogP contribution in [0.3, 0.4) is 0 Å². The molecule has 0 saturated heterocycles. The minimum absolute atomic E-state index is 0.332. The molecule has 1 fully saturated rings. The first-order valence-corrected chi connectivity index (χ1v) is 7.83. The second-order valence-corrected chi connectivity index (χ2v) is 7.11. The number of nitrogens with one attached hydrogen (secondary N) is 1. The standard InChI is InChI=1S/C18H29NO/c1-18(2,3)15-10-11-16(19-4)17(12-15)20-13-14-8-6-5-7-9-14/h5-9,15-17,19H,10-13H2,1-4H3. The van der Waals surface area contributed by atoms with Crippen molar-refractivity contribution in [2.75, 3.05) is 7.05 Å². The lowest BCUT2D eigenvalue weighted by Crippen LogP contribution is -2.46. The van der Waals surface area contributed by atoms with E-state index in [1.54, 1.807) is 0 Å². The molecule has 1 N–H and O–H groups in total. The van der Waals surface area contributed by atoms with Gasteiger partial charge in [0.2, 0.25) is 0 Å². The Hall–Kier alpha value is -0.860. The molecule has 1 aromatic carbocycles. The summed E-state index contributed by atoms with van der Waals surface area (Å²) in [6, 6.07) is 11.0. The van der Waals surface area contributed by atoms with Gasteiger partial charge in [0.25, 0.3) is 0 Å². The Kier molecular flexibility index (Phi) is 5.22. The average molecular weight is 275 g/mol. The van der Waals surface area contributed by atoms with Gasteiger partial charge in [0.05, 0.1) is 12.7 Å². The van der Waals surface area contributed by atoms with E-state index in [4.69, 9.17) is 4.74 Å². The number of ether oxygens (including phenoxy) is 1. The summed E-state index contributed by atoms with van der Waals surface area (Å²) >= 11 is 0. The van der Waals surface area contributed by atoms with Gasteiger partial charge in [-0.3, -0.25) is 0 Å². The first-order valence-electron chi connectivity index (χ1n) is 7.83. The summed E-state index contributed by atoms with van der Waals surface area (Å²) in [5.74, 6) is 0.757. The van der Waals surface area contributed by atoms with Crippen LogP contribution in [0.4, 0.5) is 0 Å². The summed E-state index contributed by atoms with van der Waals surface area (Å²) in [5, 5.41) is 3.44. The lowest BCUT2D eigenvalue weighted by atomic mass is 9.70. The van der Waals surface area contributed by atoms with E-state index in [9.17, 15) is 0 Å². The molecule has 20 heavy (non-hydrogen) atoms. The highest BCUT2D eigenvalue weighted by molar-refractivity contribution is 5.13. The van der Waals surface area contributed by atoms with Gasteiger partial charge in [0, 0.05) is 6.04 Å². The summed E-state index contributed by atoms with van der Waals surface area (Å²) in [5.41, 5.74) is 1.65. The third-order valence-electron chi connectivity index (χ3n) is 4.69. The minimum atomic E-state index is 0.332. The zero-order valence-electron chi connectivity index (χ0n) is 13.4. The van der Waals surface area contributed by atoms with Crippen LogP contribution < -0.4 is 5.32 Å². The monoisotopic (exact) mass is 275 g/mol. The maximum absolute atomic E-state index is 6.24. The maximum atomic E-state index is 6.24. The van der Waals surface area contributed by atoms with Crippen molar-refractivity contribution in [3.05, 3.63) is 35.9 Å². The highest BCUT2D eigenvalue weighted by atomic mass is 16.5. The van der Waals surface area contributed by atoms with E-state index in [1.807, 2.05) is 0 Å². The fourth-order valence-corrected chi connectivity index (χ4v) is 3.21. The van der Waals surface area contributed by atoms with Gasteiger partial charge >= 0.3 is 0 Å². The SMILES string of the molecule is CNC1CCC(C(C)(C)C)CC1OCc1ccccc1. The highest BCUT2D eigenvalue weighted by Crippen LogP contribution is 2.39. The summed E-state index contributed by atoms with van der Waals surface area (Å²) in [4.78, 5) is 0. The highest BCUT2D eigenvalue weighted by Gasteiger charge is 2.35. The smallest absolute Gasteiger partial charge is 0.0735 e. The quantitative estimate of drug-likeness (QED) is 0.896. The van der Waals surface area contributed by atoms with Crippen molar-refractivity contribution in [2.24, 2.45) is 11.3 Å². The van der Waals surface area contributed by atoms with Gasteiger partial charge in [-0.2, -0.15) is 0 Å². The van der Waals surface area contributed by atoms with Gasteiger partial charge in [-0.1, -0.05) is 51.1 Å². The molecular formula is C18H29NO. The molecule has 3 atom stereocenters. The third kappa shape index (κ3) is 4.07. The van der Waals surface area contributed by atoms with Crippen molar-refractivity contribution >= 4 is 0 Å². The minimum Gasteiger partial charge on any atom is -0.372 e. The lowest BCUT2D eigenvalue weighted by Gasteiger charge is -2.41. The molecule has 0 amide bonds. The largest absolute Gasteiger partial charge is 0.372 e. The van der Waals surface area contributed by atoms with Crippen molar-refractivity contribution in [3.8, 4) is 0 Å². The van der Waals surface area contributed by atoms with Gasteiger partial charge in [-0.05, 0) is 43.2 Å². The lowest BCUT2D eigenvalue weighted by molar-refractivity contribution is -0.0347. The van der Waals surface area contributed by atoms with Gasteiger partial charge in [-0.25, -0.2) is 0 Å². The molecule has 1 saturated carbocycles. The molecule has 2 rings (SSSR count). The summed E-state index contributed by atoms with van der Waals surface area (Å²) in [6.45, 7) is 7.78. The Bertz CT molecular complexity index is 396. The van der Waals surface area contributed by atoms with Crippen LogP contribution in [0, 0.1) is 11.3 Å². The van der Waals surface area contributed by atoms with E-state index in [0.29, 0.717) is 17.6 Å². The van der Waals surface area contributed by atoms with Crippen molar-refractivity contribution in [2.45, 2.75) is 58.8 Å². The van der Waals surface area contributed by atoms with Gasteiger partial charge in [0.15, 0.2) is 0 Å². The molecule has 0 bridgehead atoms. The Balaban J connectivity index is 1.95. The number of hydrogen-bond donors (Lipinski definition) is 1. The molecule has 3 unspecified atom stereocenters. The molecule has 1 aliphatic carbocycles. The van der Waals surface area contributed by atoms with Crippen LogP contribution >= 0.6 is 0 Å². The molecule has 1 aromatic rings. The molecule has 1 aliphatic rings. The van der Waals surface area contributed by atoms with Gasteiger partial charge in [-0.15, -0.1) is 0 Å². The Morgan fingerprint density at radius 2 is 1.85 bits per heavy atom. The van der Waals surface area contributed by atoms with E-state index in [-0.39, 0.29) is 0 Å². The first-order chi connectivity index (χ1) is 9.50. The van der Waals surface area contributed by atoms with Crippen molar-refractivity contribution in [1.82, 2.24) is 5.32 Å². The zero-order valence-corrected chi connectivity index (χ0v) is 13.4. The van der Waals surface area contributed by atoms with Crippen LogP contribution in [0.1, 0.15) is 45.6 Å². The van der Waals surface area contributed by atoms with Crippen LogP contribution in [0.5, 0.6) is 0 Å². The number of rotatable bonds is 4. The van der Waals surface area contributed by atoms with E-state index in [2.05, 4.69) is 63.5 Å². The van der Waals surface area contributed by atoms with Crippen LogP contribution in [0.25, 0.3) is 0 Å². The molecular weight excluding hydrogens is 246 g/mol. The second-order valence-electron chi connectivity index (χ2n) is 7.11. The molecule has 0 heterocycles. The van der Waals surface area contributed by atoms with Crippen LogP contribution in [-0.2, 0) is 11.3 Å². The van der Waals surface area contributed by atoms with Crippen molar-refractivity contribution in [3.63, 3.8) is 0 Å². The normalized spacial score (nSPS) is 27.5. The number of hydrogen-bond acceptors (Lipinski definition) is 2. The van der Waals surface area contributed by atoms with Gasteiger partial charge < -0.3 is 10.1 Å². The molecule has 0 aliphatic heterocycles. The fraction of sp³-hybridized carbons (Fsp3) is 0.667. The predicted octanol–water partition coefficient (Wildman–Crippen LogP) is 4.01. The summed E-state index contributed by atoms with van der Waals surface area (Å²) in [7, 11) is 2.06. The van der Waals surface area contributed by atoms with Gasteiger partial charge in [0.1, 0.15) is 0 Å². The fourth-order valence-electron chi connectivity index (χ4n) is 3.21. The number of benzene rings is 1. The molecule has 112 valence electrons. The molecule has 2 nitrogen and oxygen atoms in total. The van der Waals surface area contributed by atoms with Crippen LogP contribution in [-0.4, -0.2) is 19.2 Å². The summed E-state index contributed by atoms with van der Waals surface area (Å²) in [6.07, 6.45) is 4.03.